The van der Waals surface area contributed by atoms with E-state index in [1.165, 1.54) is 41.3 Å². The van der Waals surface area contributed by atoms with Crippen molar-refractivity contribution >= 4 is 33.5 Å². The molecule has 0 fully saturated rings. The zero-order valence-corrected chi connectivity index (χ0v) is 19.8. The Labute approximate surface area is 197 Å². The fourth-order valence-corrected chi connectivity index (χ4v) is 4.38. The molecule has 1 heterocycles. The highest BCUT2D eigenvalue weighted by atomic mass is 32.2. The second-order valence-electron chi connectivity index (χ2n) is 8.44. The third-order valence-corrected chi connectivity index (χ3v) is 6.44. The molecule has 2 aromatic rings. The average Bonchev–Trinajstić information content (AvgIpc) is 3.09. The van der Waals surface area contributed by atoms with Gasteiger partial charge in [0.2, 0.25) is 10.0 Å². The number of carbonyl (C=O) groups is 3. The van der Waals surface area contributed by atoms with Crippen molar-refractivity contribution in [2.24, 2.45) is 11.1 Å². The molecule has 1 aliphatic rings. The molecule has 2 aromatic carbocycles. The van der Waals surface area contributed by atoms with Crippen LogP contribution in [0.25, 0.3) is 0 Å². The SMILES string of the molecule is CC(C)[C@H](NC(=O)c1ccccc1F)C(=O)OCC(=O)N1c2ccc(S(N)(=O)=O)cc2CC1C. The second-order valence-corrected chi connectivity index (χ2v) is 10.00. The van der Waals surface area contributed by atoms with Gasteiger partial charge < -0.3 is 15.0 Å². The first-order valence-corrected chi connectivity index (χ1v) is 12.1. The summed E-state index contributed by atoms with van der Waals surface area (Å²) in [6, 6.07) is 8.21. The van der Waals surface area contributed by atoms with Gasteiger partial charge in [0.15, 0.2) is 6.61 Å². The second kappa shape index (κ2) is 9.90. The number of nitrogens with one attached hydrogen (secondary N) is 1. The molecule has 2 atom stereocenters. The lowest BCUT2D eigenvalue weighted by Gasteiger charge is -2.24. The number of esters is 1. The highest BCUT2D eigenvalue weighted by Gasteiger charge is 2.33. The normalized spacial score (nSPS) is 16.2. The van der Waals surface area contributed by atoms with E-state index in [-0.39, 0.29) is 22.4 Å². The molecule has 0 radical (unpaired) electrons. The molecule has 0 spiro atoms. The number of nitrogens with zero attached hydrogens (tertiary/aromatic N) is 1. The average molecular weight is 492 g/mol. The van der Waals surface area contributed by atoms with Crippen LogP contribution in [0.15, 0.2) is 47.4 Å². The zero-order chi connectivity index (χ0) is 25.2. The number of benzene rings is 2. The molecule has 1 unspecified atom stereocenters. The molecule has 0 aromatic heterocycles. The standard InChI is InChI=1S/C23H26FN3O6S/c1-13(2)21(26-22(29)17-6-4-5-7-18(17)24)23(30)33-12-20(28)27-14(3)10-15-11-16(34(25,31)32)8-9-19(15)27/h4-9,11,13-14,21H,10,12H2,1-3H3,(H,26,29)(H2,25,31,32)/t14?,21-/m0/s1. The van der Waals surface area contributed by atoms with Crippen molar-refractivity contribution in [1.29, 1.82) is 0 Å². The summed E-state index contributed by atoms with van der Waals surface area (Å²) in [6.07, 6.45) is 0.408. The number of ether oxygens (including phenoxy) is 1. The van der Waals surface area contributed by atoms with Crippen LogP contribution in [0.4, 0.5) is 10.1 Å². The molecule has 3 rings (SSSR count). The molecule has 0 saturated carbocycles. The monoisotopic (exact) mass is 491 g/mol. The van der Waals surface area contributed by atoms with Crippen molar-refractivity contribution in [2.75, 3.05) is 11.5 Å². The zero-order valence-electron chi connectivity index (χ0n) is 18.9. The highest BCUT2D eigenvalue weighted by molar-refractivity contribution is 7.89. The van der Waals surface area contributed by atoms with Gasteiger partial charge in [-0.3, -0.25) is 9.59 Å². The molecule has 0 saturated heterocycles. The smallest absolute Gasteiger partial charge is 0.329 e. The Balaban J connectivity index is 1.68. The first-order valence-electron chi connectivity index (χ1n) is 10.6. The Morgan fingerprint density at radius 1 is 1.21 bits per heavy atom. The van der Waals surface area contributed by atoms with Crippen molar-refractivity contribution in [1.82, 2.24) is 5.32 Å². The summed E-state index contributed by atoms with van der Waals surface area (Å²) in [5.74, 6) is -3.22. The van der Waals surface area contributed by atoms with Gasteiger partial charge in [0.1, 0.15) is 11.9 Å². The van der Waals surface area contributed by atoms with Gasteiger partial charge in [-0.25, -0.2) is 22.7 Å². The van der Waals surface area contributed by atoms with Crippen LogP contribution < -0.4 is 15.4 Å². The Bertz CT molecular complexity index is 1230. The Hall–Kier alpha value is -3.31. The van der Waals surface area contributed by atoms with Gasteiger partial charge in [-0.05, 0) is 55.2 Å². The molecule has 2 amide bonds. The fraction of sp³-hybridized carbons (Fsp3) is 0.348. The van der Waals surface area contributed by atoms with Crippen molar-refractivity contribution in [3.8, 4) is 0 Å². The minimum atomic E-state index is -3.88. The number of hydrogen-bond donors (Lipinski definition) is 2. The van der Waals surface area contributed by atoms with Gasteiger partial charge in [-0.15, -0.1) is 0 Å². The minimum absolute atomic E-state index is 0.0513. The molecule has 9 nitrogen and oxygen atoms in total. The summed E-state index contributed by atoms with van der Waals surface area (Å²) >= 11 is 0. The first kappa shape index (κ1) is 25.3. The summed E-state index contributed by atoms with van der Waals surface area (Å²) in [6.45, 7) is 4.55. The summed E-state index contributed by atoms with van der Waals surface area (Å²) in [7, 11) is -3.88. The minimum Gasteiger partial charge on any atom is -0.454 e. The Morgan fingerprint density at radius 3 is 2.50 bits per heavy atom. The predicted molar refractivity (Wildman–Crippen MR) is 122 cm³/mol. The largest absolute Gasteiger partial charge is 0.454 e. The number of nitrogens with two attached hydrogens (primary N) is 1. The van der Waals surface area contributed by atoms with E-state index in [0.29, 0.717) is 17.7 Å². The molecule has 34 heavy (non-hydrogen) atoms. The number of halogens is 1. The topological polar surface area (TPSA) is 136 Å². The van der Waals surface area contributed by atoms with Crippen LogP contribution in [-0.2, 0) is 30.8 Å². The van der Waals surface area contributed by atoms with Gasteiger partial charge in [0, 0.05) is 11.7 Å². The maximum absolute atomic E-state index is 13.9. The van der Waals surface area contributed by atoms with E-state index >= 15 is 0 Å². The summed E-state index contributed by atoms with van der Waals surface area (Å²) in [5.41, 5.74) is 0.934. The van der Waals surface area contributed by atoms with E-state index in [2.05, 4.69) is 5.32 Å². The number of hydrogen-bond acceptors (Lipinski definition) is 6. The Kier molecular flexibility index (Phi) is 7.37. The van der Waals surface area contributed by atoms with Crippen molar-refractivity contribution in [2.45, 2.75) is 44.2 Å². The van der Waals surface area contributed by atoms with Gasteiger partial charge in [0.05, 0.1) is 10.5 Å². The molecule has 0 bridgehead atoms. The van der Waals surface area contributed by atoms with Crippen LogP contribution in [0.2, 0.25) is 0 Å². The van der Waals surface area contributed by atoms with E-state index in [1.54, 1.807) is 20.8 Å². The third-order valence-electron chi connectivity index (χ3n) is 5.53. The molecular formula is C23H26FN3O6S. The predicted octanol–water partition coefficient (Wildman–Crippen LogP) is 1.75. The first-order chi connectivity index (χ1) is 15.9. The van der Waals surface area contributed by atoms with Crippen molar-refractivity contribution < 1.29 is 31.9 Å². The maximum Gasteiger partial charge on any atom is 0.329 e. The summed E-state index contributed by atoms with van der Waals surface area (Å²) < 4.78 is 42.3. The molecular weight excluding hydrogens is 465 g/mol. The van der Waals surface area contributed by atoms with Gasteiger partial charge in [-0.1, -0.05) is 26.0 Å². The number of primary sulfonamides is 1. The molecule has 11 heteroatoms. The lowest BCUT2D eigenvalue weighted by atomic mass is 10.0. The van der Waals surface area contributed by atoms with Gasteiger partial charge in [0.25, 0.3) is 11.8 Å². The number of anilines is 1. The number of carbonyl (C=O) groups excluding carboxylic acids is 3. The fourth-order valence-electron chi connectivity index (χ4n) is 3.82. The number of fused-ring (bicyclic) bond motifs is 1. The number of sulfonamides is 1. The number of rotatable bonds is 7. The van der Waals surface area contributed by atoms with E-state index in [1.807, 2.05) is 0 Å². The van der Waals surface area contributed by atoms with Gasteiger partial charge >= 0.3 is 5.97 Å². The van der Waals surface area contributed by atoms with Crippen LogP contribution in [0.1, 0.15) is 36.7 Å². The van der Waals surface area contributed by atoms with Crippen LogP contribution in [0.3, 0.4) is 0 Å². The van der Waals surface area contributed by atoms with Gasteiger partial charge in [-0.2, -0.15) is 0 Å². The van der Waals surface area contributed by atoms with Crippen LogP contribution in [-0.4, -0.2) is 44.9 Å². The van der Waals surface area contributed by atoms with Crippen molar-refractivity contribution in [3.63, 3.8) is 0 Å². The number of amides is 2. The van der Waals surface area contributed by atoms with E-state index < -0.39 is 46.3 Å². The molecule has 3 N–H and O–H groups in total. The molecule has 1 aliphatic heterocycles. The van der Waals surface area contributed by atoms with Crippen LogP contribution in [0, 0.1) is 11.7 Å². The van der Waals surface area contributed by atoms with Crippen LogP contribution in [0.5, 0.6) is 0 Å². The van der Waals surface area contributed by atoms with Crippen molar-refractivity contribution in [3.05, 3.63) is 59.4 Å². The molecule has 0 aliphatic carbocycles. The van der Waals surface area contributed by atoms with Crippen LogP contribution >= 0.6 is 0 Å². The third kappa shape index (κ3) is 5.42. The van der Waals surface area contributed by atoms with E-state index in [9.17, 15) is 27.2 Å². The summed E-state index contributed by atoms with van der Waals surface area (Å²) in [4.78, 5) is 39.3. The Morgan fingerprint density at radius 2 is 1.88 bits per heavy atom. The maximum atomic E-state index is 13.9. The quantitative estimate of drug-likeness (QED) is 0.567. The lowest BCUT2D eigenvalue weighted by molar-refractivity contribution is -0.150. The van der Waals surface area contributed by atoms with E-state index in [4.69, 9.17) is 9.88 Å². The summed E-state index contributed by atoms with van der Waals surface area (Å²) in [5, 5.41) is 7.64. The lowest BCUT2D eigenvalue weighted by Crippen LogP contribution is -2.47. The highest BCUT2D eigenvalue weighted by Crippen LogP contribution is 2.33. The molecule has 182 valence electrons. The van der Waals surface area contributed by atoms with E-state index in [0.717, 1.165) is 6.07 Å².